The van der Waals surface area contributed by atoms with Crippen molar-refractivity contribution in [3.63, 3.8) is 0 Å². The second-order valence-electron chi connectivity index (χ2n) is 5.56. The highest BCUT2D eigenvalue weighted by Gasteiger charge is 2.12. The van der Waals surface area contributed by atoms with Crippen molar-refractivity contribution in [2.24, 2.45) is 0 Å². The molecule has 0 atom stereocenters. The largest absolute Gasteiger partial charge is 0.341 e. The number of hydrogen-bond acceptors (Lipinski definition) is 3. The van der Waals surface area contributed by atoms with E-state index in [-0.39, 0.29) is 11.9 Å². The first kappa shape index (κ1) is 16.4. The molecule has 0 aliphatic heterocycles. The summed E-state index contributed by atoms with van der Waals surface area (Å²) in [5, 5.41) is 8.83. The van der Waals surface area contributed by atoms with Gasteiger partial charge in [-0.15, -0.1) is 0 Å². The maximum Gasteiger partial charge on any atom is 0.318 e. The second-order valence-corrected chi connectivity index (χ2v) is 5.56. The Hall–Kier alpha value is -3.41. The Kier molecular flexibility index (Phi) is 4.61. The molecular weight excluding hydrogens is 316 g/mol. The van der Waals surface area contributed by atoms with Gasteiger partial charge in [-0.3, -0.25) is 9.78 Å². The number of aromatic nitrogens is 1. The summed E-state index contributed by atoms with van der Waals surface area (Å²) >= 11 is 0. The van der Waals surface area contributed by atoms with Gasteiger partial charge in [0.15, 0.2) is 0 Å². The Morgan fingerprint density at radius 2 is 1.56 bits per heavy atom. The molecule has 0 unspecified atom stereocenters. The van der Waals surface area contributed by atoms with Crippen molar-refractivity contribution < 1.29 is 9.59 Å². The van der Waals surface area contributed by atoms with Gasteiger partial charge in [-0.05, 0) is 43.3 Å². The second kappa shape index (κ2) is 7.00. The normalized spacial score (nSPS) is 10.3. The van der Waals surface area contributed by atoms with Gasteiger partial charge in [0, 0.05) is 29.5 Å². The fourth-order valence-corrected chi connectivity index (χ4v) is 2.52. The minimum Gasteiger partial charge on any atom is -0.341 e. The zero-order valence-electron chi connectivity index (χ0n) is 14.0. The summed E-state index contributed by atoms with van der Waals surface area (Å²) in [6.45, 7) is 1.86. The lowest BCUT2D eigenvalue weighted by Crippen LogP contribution is -2.24. The summed E-state index contributed by atoms with van der Waals surface area (Å²) in [4.78, 5) is 28.4. The molecule has 0 saturated carbocycles. The number of fused-ring (bicyclic) bond motifs is 1. The first-order chi connectivity index (χ1) is 12.1. The van der Waals surface area contributed by atoms with E-state index in [1.165, 1.54) is 0 Å². The highest BCUT2D eigenvalue weighted by atomic mass is 16.2. The van der Waals surface area contributed by atoms with Gasteiger partial charge in [0.05, 0.1) is 11.1 Å². The molecule has 0 aliphatic carbocycles. The zero-order chi connectivity index (χ0) is 17.8. The summed E-state index contributed by atoms with van der Waals surface area (Å²) in [6.07, 6.45) is 0. The number of carbonyl (C=O) groups is 2. The number of benzene rings is 2. The van der Waals surface area contributed by atoms with Crippen LogP contribution in [-0.4, -0.2) is 24.0 Å². The molecule has 3 amide bonds. The Bertz CT molecular complexity index is 936. The number of nitrogens with zero attached hydrogens (tertiary/aromatic N) is 1. The molecule has 0 aliphatic rings. The molecule has 3 rings (SSSR count). The van der Waals surface area contributed by atoms with Crippen molar-refractivity contribution in [3.05, 3.63) is 65.9 Å². The van der Waals surface area contributed by atoms with E-state index in [0.29, 0.717) is 16.9 Å². The molecule has 3 N–H and O–H groups in total. The molecule has 0 saturated heterocycles. The van der Waals surface area contributed by atoms with Crippen LogP contribution in [0.4, 0.5) is 16.2 Å². The Labute approximate surface area is 145 Å². The van der Waals surface area contributed by atoms with Crippen molar-refractivity contribution in [1.29, 1.82) is 0 Å². The number of para-hydroxylation sites is 1. The molecular formula is C19H18N4O2. The van der Waals surface area contributed by atoms with Crippen LogP contribution in [0.15, 0.2) is 54.6 Å². The fraction of sp³-hybridized carbons (Fsp3) is 0.105. The third kappa shape index (κ3) is 3.74. The molecule has 0 bridgehead atoms. The fourth-order valence-electron chi connectivity index (χ4n) is 2.52. The van der Waals surface area contributed by atoms with Crippen molar-refractivity contribution in [2.75, 3.05) is 17.7 Å². The molecule has 0 radical (unpaired) electrons. The number of urea groups is 1. The van der Waals surface area contributed by atoms with Crippen LogP contribution in [0.5, 0.6) is 0 Å². The van der Waals surface area contributed by atoms with Crippen LogP contribution in [0.2, 0.25) is 0 Å². The topological polar surface area (TPSA) is 83.1 Å². The average molecular weight is 334 g/mol. The van der Waals surface area contributed by atoms with E-state index in [0.717, 1.165) is 16.6 Å². The van der Waals surface area contributed by atoms with Crippen LogP contribution in [0.25, 0.3) is 10.9 Å². The molecule has 0 fully saturated rings. The molecule has 3 aromatic rings. The molecule has 0 spiro atoms. The standard InChI is InChI=1S/C19H18N4O2/c1-12-11-16(15-5-3-4-6-17(15)21-12)18(24)22-13-7-9-14(10-8-13)23-19(25)20-2/h3-11H,1-2H3,(H,22,24)(H2,20,23,25). The van der Waals surface area contributed by atoms with E-state index in [1.807, 2.05) is 31.2 Å². The number of aryl methyl sites for hydroxylation is 1. The predicted octanol–water partition coefficient (Wildman–Crippen LogP) is 3.55. The number of pyridine rings is 1. The molecule has 126 valence electrons. The Morgan fingerprint density at radius 3 is 2.24 bits per heavy atom. The summed E-state index contributed by atoms with van der Waals surface area (Å²) in [5.74, 6) is -0.200. The van der Waals surface area contributed by atoms with Crippen LogP contribution in [-0.2, 0) is 0 Å². The lowest BCUT2D eigenvalue weighted by Gasteiger charge is -2.10. The molecule has 1 aromatic heterocycles. The van der Waals surface area contributed by atoms with E-state index < -0.39 is 0 Å². The Balaban J connectivity index is 1.82. The first-order valence-electron chi connectivity index (χ1n) is 7.83. The third-order valence-corrected chi connectivity index (χ3v) is 3.72. The summed E-state index contributed by atoms with van der Waals surface area (Å²) < 4.78 is 0. The number of rotatable bonds is 3. The van der Waals surface area contributed by atoms with Crippen LogP contribution in [0.3, 0.4) is 0 Å². The van der Waals surface area contributed by atoms with Gasteiger partial charge in [-0.25, -0.2) is 4.79 Å². The van der Waals surface area contributed by atoms with Gasteiger partial charge >= 0.3 is 6.03 Å². The lowest BCUT2D eigenvalue weighted by atomic mass is 10.1. The van der Waals surface area contributed by atoms with Gasteiger partial charge in [-0.2, -0.15) is 0 Å². The van der Waals surface area contributed by atoms with E-state index in [2.05, 4.69) is 20.9 Å². The van der Waals surface area contributed by atoms with E-state index >= 15 is 0 Å². The van der Waals surface area contributed by atoms with Crippen molar-refractivity contribution in [1.82, 2.24) is 10.3 Å². The number of amides is 3. The highest BCUT2D eigenvalue weighted by Crippen LogP contribution is 2.20. The smallest absolute Gasteiger partial charge is 0.318 e. The maximum absolute atomic E-state index is 12.7. The minimum atomic E-state index is -0.296. The maximum atomic E-state index is 12.7. The van der Waals surface area contributed by atoms with E-state index in [1.54, 1.807) is 37.4 Å². The highest BCUT2D eigenvalue weighted by molar-refractivity contribution is 6.12. The van der Waals surface area contributed by atoms with Crippen molar-refractivity contribution >= 4 is 34.2 Å². The molecule has 6 nitrogen and oxygen atoms in total. The zero-order valence-corrected chi connectivity index (χ0v) is 14.0. The van der Waals surface area contributed by atoms with Gasteiger partial charge in [-0.1, -0.05) is 18.2 Å². The van der Waals surface area contributed by atoms with Crippen LogP contribution in [0.1, 0.15) is 16.1 Å². The minimum absolute atomic E-state index is 0.200. The number of anilines is 2. The molecule has 1 heterocycles. The van der Waals surface area contributed by atoms with Gasteiger partial charge < -0.3 is 16.0 Å². The van der Waals surface area contributed by atoms with E-state index in [4.69, 9.17) is 0 Å². The number of hydrogen-bond donors (Lipinski definition) is 3. The quantitative estimate of drug-likeness (QED) is 0.685. The average Bonchev–Trinajstić information content (AvgIpc) is 2.62. The molecule has 25 heavy (non-hydrogen) atoms. The van der Waals surface area contributed by atoms with Crippen LogP contribution in [0, 0.1) is 6.92 Å². The van der Waals surface area contributed by atoms with Crippen LogP contribution >= 0.6 is 0 Å². The van der Waals surface area contributed by atoms with Gasteiger partial charge in [0.1, 0.15) is 0 Å². The SMILES string of the molecule is CNC(=O)Nc1ccc(NC(=O)c2cc(C)nc3ccccc23)cc1. The number of carbonyl (C=O) groups excluding carboxylic acids is 2. The predicted molar refractivity (Wildman–Crippen MR) is 99.0 cm³/mol. The monoisotopic (exact) mass is 334 g/mol. The lowest BCUT2D eigenvalue weighted by molar-refractivity contribution is 0.102. The van der Waals surface area contributed by atoms with Gasteiger partial charge in [0.2, 0.25) is 0 Å². The summed E-state index contributed by atoms with van der Waals surface area (Å²) in [5.41, 5.74) is 3.44. The van der Waals surface area contributed by atoms with Crippen molar-refractivity contribution in [2.45, 2.75) is 6.92 Å². The Morgan fingerprint density at radius 1 is 0.920 bits per heavy atom. The summed E-state index contributed by atoms with van der Waals surface area (Å²) in [7, 11) is 1.55. The summed E-state index contributed by atoms with van der Waals surface area (Å²) in [6, 6.07) is 15.9. The van der Waals surface area contributed by atoms with Gasteiger partial charge in [0.25, 0.3) is 5.91 Å². The third-order valence-electron chi connectivity index (χ3n) is 3.72. The molecule has 6 heteroatoms. The first-order valence-corrected chi connectivity index (χ1v) is 7.83. The van der Waals surface area contributed by atoms with Crippen LogP contribution < -0.4 is 16.0 Å². The molecule has 2 aromatic carbocycles. The number of nitrogens with one attached hydrogen (secondary N) is 3. The van der Waals surface area contributed by atoms with Crippen molar-refractivity contribution in [3.8, 4) is 0 Å². The van der Waals surface area contributed by atoms with E-state index in [9.17, 15) is 9.59 Å².